The van der Waals surface area contributed by atoms with Gasteiger partial charge in [0.25, 0.3) is 0 Å². The van der Waals surface area contributed by atoms with Crippen LogP contribution in [0.3, 0.4) is 0 Å². The summed E-state index contributed by atoms with van der Waals surface area (Å²) in [7, 11) is 4.18. The molecule has 0 aliphatic rings. The summed E-state index contributed by atoms with van der Waals surface area (Å²) >= 11 is 0. The zero-order valence-corrected chi connectivity index (χ0v) is 11.1. The van der Waals surface area contributed by atoms with Crippen molar-refractivity contribution in [3.05, 3.63) is 18.2 Å². The number of hydrogen-bond acceptors (Lipinski definition) is 3. The van der Waals surface area contributed by atoms with Crippen molar-refractivity contribution in [2.24, 2.45) is 7.05 Å². The van der Waals surface area contributed by atoms with E-state index >= 15 is 0 Å². The highest BCUT2D eigenvalue weighted by Gasteiger charge is 2.09. The fourth-order valence-electron chi connectivity index (χ4n) is 1.60. The molecule has 0 bridgehead atoms. The van der Waals surface area contributed by atoms with Crippen molar-refractivity contribution in [1.82, 2.24) is 19.8 Å². The molecule has 1 aromatic heterocycles. The molecule has 0 amide bonds. The lowest BCUT2D eigenvalue weighted by Gasteiger charge is -2.22. The molecular formula is C12H24N4. The van der Waals surface area contributed by atoms with E-state index in [1.807, 2.05) is 19.4 Å². The summed E-state index contributed by atoms with van der Waals surface area (Å²) in [4.78, 5) is 6.67. The van der Waals surface area contributed by atoms with E-state index in [4.69, 9.17) is 0 Å². The van der Waals surface area contributed by atoms with Gasteiger partial charge in [0.1, 0.15) is 5.82 Å². The Hall–Kier alpha value is -0.870. The number of imidazole rings is 1. The minimum atomic E-state index is 0.306. The van der Waals surface area contributed by atoms with Crippen LogP contribution in [0, 0.1) is 0 Å². The van der Waals surface area contributed by atoms with Crippen LogP contribution in [0.5, 0.6) is 0 Å². The van der Waals surface area contributed by atoms with Crippen molar-refractivity contribution in [1.29, 1.82) is 0 Å². The molecule has 1 N–H and O–H groups in total. The quantitative estimate of drug-likeness (QED) is 0.793. The van der Waals surface area contributed by atoms with E-state index in [1.54, 1.807) is 0 Å². The van der Waals surface area contributed by atoms with E-state index in [-0.39, 0.29) is 0 Å². The van der Waals surface area contributed by atoms with Gasteiger partial charge in [0.2, 0.25) is 0 Å². The highest BCUT2D eigenvalue weighted by molar-refractivity contribution is 4.96. The molecule has 1 heterocycles. The summed E-state index contributed by atoms with van der Waals surface area (Å²) < 4.78 is 2.06. The number of nitrogens with zero attached hydrogens (tertiary/aromatic N) is 3. The Morgan fingerprint density at radius 2 is 2.12 bits per heavy atom. The fourth-order valence-corrected chi connectivity index (χ4v) is 1.60. The van der Waals surface area contributed by atoms with Crippen LogP contribution in [0.2, 0.25) is 0 Å². The molecule has 4 nitrogen and oxygen atoms in total. The average molecular weight is 224 g/mol. The van der Waals surface area contributed by atoms with Crippen LogP contribution in [0.15, 0.2) is 12.4 Å². The maximum Gasteiger partial charge on any atom is 0.125 e. The predicted molar refractivity (Wildman–Crippen MR) is 67.4 cm³/mol. The Morgan fingerprint density at radius 1 is 1.44 bits per heavy atom. The summed E-state index contributed by atoms with van der Waals surface area (Å²) in [5, 5.41) is 3.49. The molecule has 1 rings (SSSR count). The summed E-state index contributed by atoms with van der Waals surface area (Å²) in [6, 6.07) is 0.908. The molecule has 92 valence electrons. The van der Waals surface area contributed by atoms with Crippen molar-refractivity contribution in [3.63, 3.8) is 0 Å². The van der Waals surface area contributed by atoms with Crippen LogP contribution in [0.25, 0.3) is 0 Å². The molecule has 0 saturated heterocycles. The van der Waals surface area contributed by atoms with Gasteiger partial charge in [0, 0.05) is 38.6 Å². The predicted octanol–water partition coefficient (Wildman–Crippen LogP) is 1.41. The Bertz CT molecular complexity index is 306. The minimum absolute atomic E-state index is 0.306. The minimum Gasteiger partial charge on any atom is -0.337 e. The normalized spacial score (nSPS) is 13.7. The largest absolute Gasteiger partial charge is 0.337 e. The lowest BCUT2D eigenvalue weighted by Crippen LogP contribution is -2.35. The Morgan fingerprint density at radius 3 is 2.62 bits per heavy atom. The summed E-state index contributed by atoms with van der Waals surface area (Å²) in [6.07, 6.45) is 3.82. The molecule has 0 radical (unpaired) electrons. The third-order valence-corrected chi connectivity index (χ3v) is 3.04. The summed E-state index contributed by atoms with van der Waals surface area (Å²) in [6.45, 7) is 8.62. The van der Waals surface area contributed by atoms with Gasteiger partial charge in [0.05, 0.1) is 6.04 Å². The first-order valence-corrected chi connectivity index (χ1v) is 5.93. The van der Waals surface area contributed by atoms with Crippen molar-refractivity contribution in [3.8, 4) is 0 Å². The molecule has 0 saturated carbocycles. The van der Waals surface area contributed by atoms with E-state index in [2.05, 4.69) is 47.6 Å². The van der Waals surface area contributed by atoms with Gasteiger partial charge < -0.3 is 14.8 Å². The smallest absolute Gasteiger partial charge is 0.125 e. The van der Waals surface area contributed by atoms with Gasteiger partial charge in [0.15, 0.2) is 0 Å². The fraction of sp³-hybridized carbons (Fsp3) is 0.750. The van der Waals surface area contributed by atoms with Crippen LogP contribution < -0.4 is 5.32 Å². The third kappa shape index (κ3) is 3.61. The van der Waals surface area contributed by atoms with Gasteiger partial charge in [-0.3, -0.25) is 0 Å². The second-order valence-corrected chi connectivity index (χ2v) is 4.65. The molecule has 16 heavy (non-hydrogen) atoms. The molecule has 0 aromatic carbocycles. The SMILES string of the molecule is CC(NCCN(C)C(C)C)c1nccn1C. The summed E-state index contributed by atoms with van der Waals surface area (Å²) in [5.74, 6) is 1.09. The number of aryl methyl sites for hydroxylation is 1. The Kier molecular flexibility index (Phi) is 4.96. The molecule has 1 aromatic rings. The second-order valence-electron chi connectivity index (χ2n) is 4.65. The number of rotatable bonds is 6. The number of likely N-dealkylation sites (N-methyl/N-ethyl adjacent to an activating group) is 1. The van der Waals surface area contributed by atoms with E-state index in [1.165, 1.54) is 0 Å². The van der Waals surface area contributed by atoms with Crippen molar-refractivity contribution in [2.45, 2.75) is 32.9 Å². The molecule has 0 fully saturated rings. The average Bonchev–Trinajstić information content (AvgIpc) is 2.64. The molecule has 0 aliphatic carbocycles. The first kappa shape index (κ1) is 13.2. The van der Waals surface area contributed by atoms with Gasteiger partial charge in [-0.2, -0.15) is 0 Å². The van der Waals surface area contributed by atoms with Gasteiger partial charge in [-0.05, 0) is 27.8 Å². The molecule has 4 heteroatoms. The highest BCUT2D eigenvalue weighted by Crippen LogP contribution is 2.07. The van der Waals surface area contributed by atoms with E-state index in [9.17, 15) is 0 Å². The Labute approximate surface area is 98.7 Å². The van der Waals surface area contributed by atoms with Crippen LogP contribution in [-0.4, -0.2) is 40.6 Å². The van der Waals surface area contributed by atoms with Crippen LogP contribution >= 0.6 is 0 Å². The maximum atomic E-state index is 4.34. The van der Waals surface area contributed by atoms with Crippen molar-refractivity contribution in [2.75, 3.05) is 20.1 Å². The van der Waals surface area contributed by atoms with E-state index in [0.717, 1.165) is 18.9 Å². The van der Waals surface area contributed by atoms with Gasteiger partial charge >= 0.3 is 0 Å². The highest BCUT2D eigenvalue weighted by atomic mass is 15.1. The topological polar surface area (TPSA) is 33.1 Å². The number of hydrogen-bond donors (Lipinski definition) is 1. The third-order valence-electron chi connectivity index (χ3n) is 3.04. The van der Waals surface area contributed by atoms with E-state index in [0.29, 0.717) is 12.1 Å². The van der Waals surface area contributed by atoms with Gasteiger partial charge in [-0.1, -0.05) is 0 Å². The lowest BCUT2D eigenvalue weighted by molar-refractivity contribution is 0.269. The number of aromatic nitrogens is 2. The monoisotopic (exact) mass is 224 g/mol. The molecule has 1 atom stereocenters. The van der Waals surface area contributed by atoms with E-state index < -0.39 is 0 Å². The van der Waals surface area contributed by atoms with Crippen LogP contribution in [-0.2, 0) is 7.05 Å². The first-order chi connectivity index (χ1) is 7.52. The lowest BCUT2D eigenvalue weighted by atomic mass is 10.3. The van der Waals surface area contributed by atoms with Gasteiger partial charge in [-0.15, -0.1) is 0 Å². The molecule has 0 aliphatic heterocycles. The van der Waals surface area contributed by atoms with Crippen LogP contribution in [0.4, 0.5) is 0 Å². The standard InChI is InChI=1S/C12H24N4/c1-10(2)15(4)8-6-13-11(3)12-14-7-9-16(12)5/h7,9-11,13H,6,8H2,1-5H3. The first-order valence-electron chi connectivity index (χ1n) is 5.93. The zero-order chi connectivity index (χ0) is 12.1. The maximum absolute atomic E-state index is 4.34. The number of nitrogens with one attached hydrogen (secondary N) is 1. The molecule has 1 unspecified atom stereocenters. The zero-order valence-electron chi connectivity index (χ0n) is 11.1. The van der Waals surface area contributed by atoms with Crippen molar-refractivity contribution >= 4 is 0 Å². The second kappa shape index (κ2) is 6.01. The van der Waals surface area contributed by atoms with Crippen molar-refractivity contribution < 1.29 is 0 Å². The summed E-state index contributed by atoms with van der Waals surface area (Å²) in [5.41, 5.74) is 0. The molecular weight excluding hydrogens is 200 g/mol. The Balaban J connectivity index is 2.31. The van der Waals surface area contributed by atoms with Gasteiger partial charge in [-0.25, -0.2) is 4.98 Å². The molecule has 0 spiro atoms. The van der Waals surface area contributed by atoms with Crippen LogP contribution in [0.1, 0.15) is 32.6 Å².